The third-order valence-electron chi connectivity index (χ3n) is 5.62. The number of phenols is 1. The number of rotatable bonds is 11. The Morgan fingerprint density at radius 1 is 1.06 bits per heavy atom. The molecule has 3 aromatic rings. The maximum atomic E-state index is 10.6. The summed E-state index contributed by atoms with van der Waals surface area (Å²) in [5.41, 5.74) is 2.74. The van der Waals surface area contributed by atoms with E-state index in [0.717, 1.165) is 66.1 Å². The molecule has 7 nitrogen and oxygen atoms in total. The van der Waals surface area contributed by atoms with Crippen molar-refractivity contribution in [1.29, 1.82) is 0 Å². The van der Waals surface area contributed by atoms with Gasteiger partial charge in [-0.25, -0.2) is 0 Å². The predicted molar refractivity (Wildman–Crippen MR) is 126 cm³/mol. The van der Waals surface area contributed by atoms with Gasteiger partial charge in [-0.3, -0.25) is 0 Å². The summed E-state index contributed by atoms with van der Waals surface area (Å²) < 4.78 is 11.2. The zero-order valence-electron chi connectivity index (χ0n) is 19.8. The fraction of sp³-hybridized carbons (Fsp3) is 0.458. The van der Waals surface area contributed by atoms with Crippen molar-refractivity contribution in [2.45, 2.75) is 58.3 Å². The fourth-order valence-corrected chi connectivity index (χ4v) is 3.61. The molecule has 0 saturated carbocycles. The number of phenolic OH excluding ortho intramolecular Hbond substituents is 1. The average molecular weight is 448 g/mol. The third-order valence-corrected chi connectivity index (χ3v) is 5.62. The number of aryl methyl sites for hydroxylation is 1. The zero-order valence-corrected chi connectivity index (χ0v) is 21.8. The number of ether oxygens (including phenoxy) is 2. The van der Waals surface area contributed by atoms with E-state index in [9.17, 15) is 5.11 Å². The molecular weight excluding hydrogens is 415 g/mol. The van der Waals surface area contributed by atoms with Crippen molar-refractivity contribution in [3.05, 3.63) is 47.8 Å². The molecule has 0 saturated heterocycles. The van der Waals surface area contributed by atoms with Crippen molar-refractivity contribution in [2.75, 3.05) is 13.7 Å². The number of hydrogen-bond acceptors (Lipinski definition) is 6. The summed E-state index contributed by atoms with van der Waals surface area (Å²) in [5, 5.41) is 25.0. The van der Waals surface area contributed by atoms with E-state index >= 15 is 0 Å². The number of methoxy groups -OCH3 is 1. The van der Waals surface area contributed by atoms with Gasteiger partial charge in [-0.15, -0.1) is 10.2 Å². The second-order valence-electron chi connectivity index (χ2n) is 8.34. The molecule has 0 aliphatic heterocycles. The Morgan fingerprint density at radius 2 is 1.81 bits per heavy atom. The molecule has 2 aromatic carbocycles. The summed E-state index contributed by atoms with van der Waals surface area (Å²) in [5.74, 6) is 2.52. The molecule has 0 bridgehead atoms. The van der Waals surface area contributed by atoms with Gasteiger partial charge in [-0.2, -0.15) is 5.21 Å². The number of nitrogens with one attached hydrogen (secondary N) is 1. The van der Waals surface area contributed by atoms with E-state index in [2.05, 4.69) is 41.4 Å². The van der Waals surface area contributed by atoms with E-state index in [1.54, 1.807) is 13.2 Å². The van der Waals surface area contributed by atoms with Crippen LogP contribution in [0.2, 0.25) is 0 Å². The smallest absolute Gasteiger partial charge is 0.180 e. The molecule has 0 aliphatic carbocycles. The van der Waals surface area contributed by atoms with Crippen molar-refractivity contribution < 1.29 is 14.6 Å². The number of aromatic hydroxyl groups is 1. The normalized spacial score (nSPS) is 11.1. The van der Waals surface area contributed by atoms with Crippen molar-refractivity contribution in [2.24, 2.45) is 0 Å². The molecule has 0 aliphatic rings. The molecule has 0 amide bonds. The Kier molecular flexibility index (Phi) is 10.0. The summed E-state index contributed by atoms with van der Waals surface area (Å²) in [6, 6.07) is 11.4. The maximum absolute atomic E-state index is 10.6. The molecular formula is C24H32N4NaO3. The summed E-state index contributed by atoms with van der Waals surface area (Å²) >= 11 is 0. The van der Waals surface area contributed by atoms with Gasteiger partial charge in [0.25, 0.3) is 0 Å². The van der Waals surface area contributed by atoms with Crippen LogP contribution in [0.3, 0.4) is 0 Å². The Bertz CT molecular complexity index is 960. The Hall–Kier alpha value is -2.09. The first-order valence-corrected chi connectivity index (χ1v) is 10.8. The molecule has 0 unspecified atom stereocenters. The Labute approximate surface area is 212 Å². The van der Waals surface area contributed by atoms with Crippen LogP contribution in [0.4, 0.5) is 0 Å². The summed E-state index contributed by atoms with van der Waals surface area (Å²) in [7, 11) is 1.64. The van der Waals surface area contributed by atoms with Gasteiger partial charge >= 0.3 is 0 Å². The van der Waals surface area contributed by atoms with Gasteiger partial charge < -0.3 is 14.6 Å². The minimum atomic E-state index is -0.0910. The molecule has 3 rings (SSSR count). The summed E-state index contributed by atoms with van der Waals surface area (Å²) in [6.45, 7) is 6.98. The Balaban J connectivity index is 0.00000363. The largest absolute Gasteiger partial charge is 0.507 e. The third kappa shape index (κ3) is 6.70. The number of unbranched alkanes of at least 4 members (excludes halogenated alkanes) is 2. The van der Waals surface area contributed by atoms with Crippen LogP contribution >= 0.6 is 0 Å². The molecule has 1 radical (unpaired) electrons. The molecule has 1 aromatic heterocycles. The minimum Gasteiger partial charge on any atom is -0.507 e. The number of tetrazole rings is 1. The fourth-order valence-electron chi connectivity index (χ4n) is 3.61. The summed E-state index contributed by atoms with van der Waals surface area (Å²) in [6.07, 6.45) is 4.89. The average Bonchev–Trinajstić information content (AvgIpc) is 3.32. The quantitative estimate of drug-likeness (QED) is 0.327. The van der Waals surface area contributed by atoms with Crippen LogP contribution in [0, 0.1) is 0 Å². The van der Waals surface area contributed by atoms with E-state index in [-0.39, 0.29) is 40.7 Å². The van der Waals surface area contributed by atoms with Crippen LogP contribution in [-0.2, 0) is 11.8 Å². The minimum absolute atomic E-state index is 0. The topological polar surface area (TPSA) is 93.1 Å². The maximum Gasteiger partial charge on any atom is 0.180 e. The standard InChI is InChI=1S/C24H32N4O3.Na/c1-5-17-15-20(18-9-11-19(30-4)12-10-18)21(29)16-22(17)31-14-8-6-7-13-24(2,3)23-25-27-28-26-23;/h9-12,15-16,29H,5-8,13-14H2,1-4H3,(H,25,26,27,28);. The van der Waals surface area contributed by atoms with Crippen LogP contribution in [0.5, 0.6) is 17.2 Å². The number of hydrogen-bond donors (Lipinski definition) is 2. The number of H-pyrrole nitrogens is 1. The second kappa shape index (κ2) is 12.2. The first-order valence-electron chi connectivity index (χ1n) is 10.8. The first-order chi connectivity index (χ1) is 14.9. The molecule has 2 N–H and O–H groups in total. The monoisotopic (exact) mass is 447 g/mol. The Morgan fingerprint density at radius 3 is 2.44 bits per heavy atom. The van der Waals surface area contributed by atoms with E-state index < -0.39 is 0 Å². The second-order valence-corrected chi connectivity index (χ2v) is 8.34. The van der Waals surface area contributed by atoms with Gasteiger partial charge in [0.15, 0.2) is 5.82 Å². The van der Waals surface area contributed by atoms with Gasteiger partial charge in [-0.1, -0.05) is 51.0 Å². The van der Waals surface area contributed by atoms with Crippen LogP contribution < -0.4 is 9.47 Å². The zero-order chi connectivity index (χ0) is 22.3. The van der Waals surface area contributed by atoms with Gasteiger partial charge in [0.05, 0.1) is 13.7 Å². The predicted octanol–water partition coefficient (Wildman–Crippen LogP) is 4.68. The molecule has 0 atom stereocenters. The molecule has 8 heteroatoms. The van der Waals surface area contributed by atoms with E-state index in [1.165, 1.54) is 0 Å². The van der Waals surface area contributed by atoms with Crippen molar-refractivity contribution in [3.63, 3.8) is 0 Å². The number of benzene rings is 2. The molecule has 167 valence electrons. The van der Waals surface area contributed by atoms with Crippen molar-refractivity contribution in [3.8, 4) is 28.4 Å². The van der Waals surface area contributed by atoms with Crippen molar-refractivity contribution >= 4 is 29.6 Å². The van der Waals surface area contributed by atoms with E-state index in [0.29, 0.717) is 6.61 Å². The number of aromatic nitrogens is 4. The summed E-state index contributed by atoms with van der Waals surface area (Å²) in [4.78, 5) is 0. The van der Waals surface area contributed by atoms with Gasteiger partial charge in [-0.05, 0) is 48.6 Å². The molecule has 0 fully saturated rings. The van der Waals surface area contributed by atoms with Crippen LogP contribution in [-0.4, -0.2) is 69.0 Å². The SMILES string of the molecule is CCc1cc(-c2ccc(OC)cc2)c(O)cc1OCCCCCC(C)(C)c1nn[nH]n1.[Na]. The van der Waals surface area contributed by atoms with Gasteiger partial charge in [0, 0.05) is 46.6 Å². The number of nitrogens with zero attached hydrogens (tertiary/aromatic N) is 3. The van der Waals surface area contributed by atoms with Crippen LogP contribution in [0.25, 0.3) is 11.1 Å². The molecule has 1 heterocycles. The van der Waals surface area contributed by atoms with Gasteiger partial charge in [0.2, 0.25) is 0 Å². The number of aromatic amines is 1. The van der Waals surface area contributed by atoms with Crippen LogP contribution in [0.1, 0.15) is 57.8 Å². The van der Waals surface area contributed by atoms with Gasteiger partial charge in [0.1, 0.15) is 17.2 Å². The van der Waals surface area contributed by atoms with Crippen molar-refractivity contribution in [1.82, 2.24) is 20.6 Å². The van der Waals surface area contributed by atoms with E-state index in [1.807, 2.05) is 30.3 Å². The molecule has 32 heavy (non-hydrogen) atoms. The molecule has 0 spiro atoms. The first kappa shape index (κ1) is 26.2. The van der Waals surface area contributed by atoms with Crippen LogP contribution in [0.15, 0.2) is 36.4 Å². The van der Waals surface area contributed by atoms with E-state index in [4.69, 9.17) is 9.47 Å².